The Balaban J connectivity index is 2.86. The van der Waals surface area contributed by atoms with Crippen LogP contribution in [0, 0.1) is 5.92 Å². The lowest BCUT2D eigenvalue weighted by Gasteiger charge is -2.03. The Hall–Kier alpha value is 0.690. The molecule has 0 spiro atoms. The first-order valence-corrected chi connectivity index (χ1v) is 4.50. The maximum atomic E-state index is 8.56. The van der Waals surface area contributed by atoms with E-state index in [-0.39, 0.29) is 0 Å². The van der Waals surface area contributed by atoms with E-state index in [9.17, 15) is 0 Å². The molecule has 0 aromatic heterocycles. The molecule has 0 unspecified atom stereocenters. The summed E-state index contributed by atoms with van der Waals surface area (Å²) in [6.07, 6.45) is 2.40. The van der Waals surface area contributed by atoms with Gasteiger partial charge in [0, 0.05) is 6.61 Å². The Bertz CT molecular complexity index is 47.8. The van der Waals surface area contributed by atoms with Crippen LogP contribution in [-0.2, 0) is 0 Å². The summed E-state index contributed by atoms with van der Waals surface area (Å²) in [6.45, 7) is 2.42. The summed E-state index contributed by atoms with van der Waals surface area (Å²) >= 11 is 2.36. The first kappa shape index (κ1) is 8.69. The van der Waals surface area contributed by atoms with Crippen LogP contribution in [0.5, 0.6) is 0 Å². The molecule has 0 bridgehead atoms. The van der Waals surface area contributed by atoms with Crippen molar-refractivity contribution in [1.82, 2.24) is 0 Å². The molecule has 0 fully saturated rings. The number of aliphatic hydroxyl groups excluding tert-OH is 1. The van der Waals surface area contributed by atoms with Crippen LogP contribution in [0.15, 0.2) is 0 Å². The van der Waals surface area contributed by atoms with E-state index < -0.39 is 0 Å². The van der Waals surface area contributed by atoms with Crippen LogP contribution in [0.1, 0.15) is 19.8 Å². The topological polar surface area (TPSA) is 20.2 Å². The molecule has 2 heteroatoms. The highest BCUT2D eigenvalue weighted by Gasteiger charge is 1.96. The van der Waals surface area contributed by atoms with E-state index in [4.69, 9.17) is 5.11 Å². The van der Waals surface area contributed by atoms with Crippen molar-refractivity contribution in [3.8, 4) is 0 Å². The van der Waals surface area contributed by atoms with Gasteiger partial charge in [0.25, 0.3) is 0 Å². The Labute approximate surface area is 64.6 Å². The van der Waals surface area contributed by atoms with Crippen molar-refractivity contribution in [3.05, 3.63) is 0 Å². The fourth-order valence-corrected chi connectivity index (χ4v) is 0.957. The molecule has 0 rings (SSSR count). The van der Waals surface area contributed by atoms with E-state index in [1.54, 1.807) is 0 Å². The quantitative estimate of drug-likeness (QED) is 0.574. The van der Waals surface area contributed by atoms with Crippen LogP contribution >= 0.6 is 22.6 Å². The number of alkyl halides is 1. The number of rotatable bonds is 4. The van der Waals surface area contributed by atoms with Crippen molar-refractivity contribution in [2.24, 2.45) is 5.92 Å². The highest BCUT2D eigenvalue weighted by Crippen LogP contribution is 2.04. The van der Waals surface area contributed by atoms with Gasteiger partial charge in [-0.2, -0.15) is 0 Å². The molecule has 50 valence electrons. The van der Waals surface area contributed by atoms with Crippen LogP contribution in [0.25, 0.3) is 0 Å². The van der Waals surface area contributed by atoms with Crippen molar-refractivity contribution in [1.29, 1.82) is 0 Å². The van der Waals surface area contributed by atoms with Crippen LogP contribution in [0.2, 0.25) is 0 Å². The summed E-state index contributed by atoms with van der Waals surface area (Å²) in [5, 5.41) is 8.56. The molecule has 0 aliphatic rings. The number of hydrogen-bond donors (Lipinski definition) is 1. The molecule has 0 heterocycles. The van der Waals surface area contributed by atoms with Crippen LogP contribution in [0.3, 0.4) is 0 Å². The van der Waals surface area contributed by atoms with E-state index >= 15 is 0 Å². The fourth-order valence-electron chi connectivity index (χ4n) is 0.517. The number of aliphatic hydroxyl groups is 1. The standard InChI is InChI=1S/C6H13IO/c1-6(5-8)3-2-4-7/h6,8H,2-5H2,1H3/t6-/m0/s1. The van der Waals surface area contributed by atoms with Crippen molar-refractivity contribution in [3.63, 3.8) is 0 Å². The average molecular weight is 228 g/mol. The second-order valence-corrected chi connectivity index (χ2v) is 3.20. The smallest absolute Gasteiger partial charge is 0.0456 e. The van der Waals surface area contributed by atoms with E-state index in [1.165, 1.54) is 17.3 Å². The molecule has 0 aliphatic carbocycles. The third-order valence-electron chi connectivity index (χ3n) is 1.14. The summed E-state index contributed by atoms with van der Waals surface area (Å²) in [4.78, 5) is 0. The van der Waals surface area contributed by atoms with Gasteiger partial charge >= 0.3 is 0 Å². The van der Waals surface area contributed by atoms with Crippen LogP contribution < -0.4 is 0 Å². The lowest BCUT2D eigenvalue weighted by atomic mass is 10.1. The Kier molecular flexibility index (Phi) is 6.32. The highest BCUT2D eigenvalue weighted by atomic mass is 127. The minimum Gasteiger partial charge on any atom is -0.396 e. The highest BCUT2D eigenvalue weighted by molar-refractivity contribution is 14.1. The summed E-state index contributed by atoms with van der Waals surface area (Å²) in [7, 11) is 0. The normalized spacial score (nSPS) is 13.9. The van der Waals surface area contributed by atoms with Gasteiger partial charge in [-0.1, -0.05) is 29.5 Å². The third kappa shape index (κ3) is 4.84. The molecule has 0 aromatic rings. The minimum absolute atomic E-state index is 0.344. The van der Waals surface area contributed by atoms with Gasteiger partial charge in [0.2, 0.25) is 0 Å². The van der Waals surface area contributed by atoms with Gasteiger partial charge in [-0.25, -0.2) is 0 Å². The molecular formula is C6H13IO. The van der Waals surface area contributed by atoms with Crippen molar-refractivity contribution in [2.75, 3.05) is 11.0 Å². The molecule has 0 saturated heterocycles. The van der Waals surface area contributed by atoms with Crippen LogP contribution in [-0.4, -0.2) is 16.1 Å². The lowest BCUT2D eigenvalue weighted by Crippen LogP contribution is -1.99. The van der Waals surface area contributed by atoms with Crippen molar-refractivity contribution < 1.29 is 5.11 Å². The minimum atomic E-state index is 0.344. The van der Waals surface area contributed by atoms with Crippen molar-refractivity contribution in [2.45, 2.75) is 19.8 Å². The van der Waals surface area contributed by atoms with Gasteiger partial charge in [0.1, 0.15) is 0 Å². The monoisotopic (exact) mass is 228 g/mol. The molecule has 0 radical (unpaired) electrons. The average Bonchev–Trinajstić information content (AvgIpc) is 1.83. The third-order valence-corrected chi connectivity index (χ3v) is 1.91. The van der Waals surface area contributed by atoms with Gasteiger partial charge in [-0.05, 0) is 23.2 Å². The zero-order chi connectivity index (χ0) is 6.41. The number of hydrogen-bond acceptors (Lipinski definition) is 1. The van der Waals surface area contributed by atoms with Gasteiger partial charge in [0.15, 0.2) is 0 Å². The summed E-state index contributed by atoms with van der Waals surface area (Å²) in [6, 6.07) is 0. The summed E-state index contributed by atoms with van der Waals surface area (Å²) < 4.78 is 1.21. The largest absolute Gasteiger partial charge is 0.396 e. The lowest BCUT2D eigenvalue weighted by molar-refractivity contribution is 0.230. The summed E-state index contributed by atoms with van der Waals surface area (Å²) in [5.74, 6) is 0.504. The second kappa shape index (κ2) is 5.82. The predicted molar refractivity (Wildman–Crippen MR) is 44.4 cm³/mol. The van der Waals surface area contributed by atoms with E-state index in [0.717, 1.165) is 0 Å². The molecule has 8 heavy (non-hydrogen) atoms. The number of halogens is 1. The van der Waals surface area contributed by atoms with Gasteiger partial charge in [-0.15, -0.1) is 0 Å². The Morgan fingerprint density at radius 2 is 2.25 bits per heavy atom. The molecule has 0 amide bonds. The summed E-state index contributed by atoms with van der Waals surface area (Å²) in [5.41, 5.74) is 0. The Morgan fingerprint density at radius 3 is 2.62 bits per heavy atom. The zero-order valence-electron chi connectivity index (χ0n) is 5.23. The molecule has 1 nitrogen and oxygen atoms in total. The maximum absolute atomic E-state index is 8.56. The van der Waals surface area contributed by atoms with Gasteiger partial charge in [-0.3, -0.25) is 0 Å². The SMILES string of the molecule is C[C@H](CO)CCCI. The molecule has 1 N–H and O–H groups in total. The first-order valence-electron chi connectivity index (χ1n) is 2.98. The molecule has 1 atom stereocenters. The maximum Gasteiger partial charge on any atom is 0.0456 e. The molecule has 0 aromatic carbocycles. The Morgan fingerprint density at radius 1 is 1.62 bits per heavy atom. The molecule has 0 aliphatic heterocycles. The van der Waals surface area contributed by atoms with E-state index in [0.29, 0.717) is 12.5 Å². The molecular weight excluding hydrogens is 215 g/mol. The van der Waals surface area contributed by atoms with Gasteiger partial charge in [0.05, 0.1) is 0 Å². The fraction of sp³-hybridized carbons (Fsp3) is 1.00. The van der Waals surface area contributed by atoms with Gasteiger partial charge < -0.3 is 5.11 Å². The first-order chi connectivity index (χ1) is 3.81. The second-order valence-electron chi connectivity index (χ2n) is 2.12. The zero-order valence-corrected chi connectivity index (χ0v) is 7.39. The predicted octanol–water partition coefficient (Wildman–Crippen LogP) is 1.83. The van der Waals surface area contributed by atoms with Crippen molar-refractivity contribution >= 4 is 22.6 Å². The van der Waals surface area contributed by atoms with E-state index in [1.807, 2.05) is 0 Å². The molecule has 0 saturated carbocycles. The van der Waals surface area contributed by atoms with Crippen LogP contribution in [0.4, 0.5) is 0 Å². The van der Waals surface area contributed by atoms with E-state index in [2.05, 4.69) is 29.5 Å².